The van der Waals surface area contributed by atoms with E-state index in [0.717, 1.165) is 73.5 Å². The number of anilines is 2. The van der Waals surface area contributed by atoms with Crippen LogP contribution in [-0.2, 0) is 42.7 Å². The average molecular weight is 1240 g/mol. The van der Waals surface area contributed by atoms with Gasteiger partial charge in [0.1, 0.15) is 0 Å². The van der Waals surface area contributed by atoms with Gasteiger partial charge in [-0.25, -0.2) is 0 Å². The lowest BCUT2D eigenvalue weighted by Gasteiger charge is -2.40. The van der Waals surface area contributed by atoms with Crippen molar-refractivity contribution in [1.29, 1.82) is 0 Å². The minimum atomic E-state index is -0.854. The van der Waals surface area contributed by atoms with Crippen LogP contribution in [0.5, 0.6) is 0 Å². The number of ether oxygens (including phenoxy) is 8. The van der Waals surface area contributed by atoms with Crippen molar-refractivity contribution in [3.63, 3.8) is 0 Å². The lowest BCUT2D eigenvalue weighted by atomic mass is 9.78. The van der Waals surface area contributed by atoms with Crippen molar-refractivity contribution in [2.75, 3.05) is 116 Å². The molecule has 4 aromatic carbocycles. The Bertz CT molecular complexity index is 2990. The Hall–Kier alpha value is -5.82. The van der Waals surface area contributed by atoms with E-state index in [9.17, 15) is 28.8 Å². The van der Waals surface area contributed by atoms with Crippen molar-refractivity contribution >= 4 is 67.9 Å². The van der Waals surface area contributed by atoms with Gasteiger partial charge in [-0.2, -0.15) is 0 Å². The second-order valence-electron chi connectivity index (χ2n) is 24.8. The summed E-state index contributed by atoms with van der Waals surface area (Å²) in [5.74, 6) is -1.87. The van der Waals surface area contributed by atoms with E-state index in [1.165, 1.54) is 6.42 Å². The molecule has 0 heterocycles. The molecule has 486 valence electrons. The molecule has 0 aliphatic heterocycles. The third kappa shape index (κ3) is 18.2. The second kappa shape index (κ2) is 34.0. The van der Waals surface area contributed by atoms with E-state index in [2.05, 4.69) is 35.1 Å². The van der Waals surface area contributed by atoms with Gasteiger partial charge in [-0.1, -0.05) is 50.2 Å². The molecule has 0 aromatic heterocycles. The Morgan fingerprint density at radius 1 is 0.528 bits per heavy atom. The van der Waals surface area contributed by atoms with Crippen molar-refractivity contribution in [2.24, 2.45) is 40.9 Å². The monoisotopic (exact) mass is 1230 g/mol. The van der Waals surface area contributed by atoms with E-state index in [1.54, 1.807) is 24.3 Å². The number of carbonyl (C=O) groups excluding carboxylic acids is 6. The van der Waals surface area contributed by atoms with Gasteiger partial charge in [-0.15, -0.1) is 0 Å². The molecule has 5 aliphatic rings. The first-order valence-corrected chi connectivity index (χ1v) is 32.6. The summed E-state index contributed by atoms with van der Waals surface area (Å²) in [7, 11) is 0. The first-order chi connectivity index (χ1) is 43.3. The fourth-order valence-electron chi connectivity index (χ4n) is 13.5. The van der Waals surface area contributed by atoms with Crippen LogP contribution in [0.3, 0.4) is 0 Å². The highest BCUT2D eigenvalue weighted by Crippen LogP contribution is 2.39. The van der Waals surface area contributed by atoms with Gasteiger partial charge in [0.25, 0.3) is 0 Å². The normalized spacial score (nSPS) is 25.2. The summed E-state index contributed by atoms with van der Waals surface area (Å²) in [5.41, 5.74) is 22.3. The first kappa shape index (κ1) is 67.6. The number of ketones is 4. The summed E-state index contributed by atoms with van der Waals surface area (Å²) in [6, 6.07) is 18.4. The number of hydrogen-bond acceptors (Lipinski definition) is 18. The Kier molecular flexibility index (Phi) is 25.8. The van der Waals surface area contributed by atoms with Gasteiger partial charge in [0, 0.05) is 139 Å². The molecular formula is C68H96N7O14+. The molecule has 2 amide bonds. The molecular weight excluding hydrogens is 1140 g/mol. The number of Topliss-reactive ketones (excluding diaryl/α,β-unsaturated/α-hetero) is 4. The highest BCUT2D eigenvalue weighted by molar-refractivity contribution is 6.31. The van der Waals surface area contributed by atoms with Gasteiger partial charge < -0.3 is 76.4 Å². The van der Waals surface area contributed by atoms with Crippen LogP contribution in [0.2, 0.25) is 0 Å². The zero-order valence-electron chi connectivity index (χ0n) is 52.1. The van der Waals surface area contributed by atoms with Crippen LogP contribution in [0, 0.1) is 23.7 Å². The van der Waals surface area contributed by atoms with E-state index in [4.69, 9.17) is 55.1 Å². The minimum absolute atomic E-state index is 0.0200. The number of aliphatic hydroxyl groups is 2. The minimum Gasteiger partial charge on any atom is -0.428 e. The Labute approximate surface area is 522 Å². The van der Waals surface area contributed by atoms with Crippen molar-refractivity contribution in [3.8, 4) is 0 Å². The third-order valence-corrected chi connectivity index (χ3v) is 18.4. The predicted octanol–water partition coefficient (Wildman–Crippen LogP) is 6.22. The predicted molar refractivity (Wildman–Crippen MR) is 341 cm³/mol. The Morgan fingerprint density at radius 3 is 1.58 bits per heavy atom. The Balaban J connectivity index is 0.594. The van der Waals surface area contributed by atoms with Crippen LogP contribution >= 0.6 is 0 Å². The fraction of sp³-hybridized carbons (Fsp3) is 0.618. The molecule has 3 fully saturated rings. The molecule has 11 unspecified atom stereocenters. The molecule has 21 heteroatoms. The zero-order chi connectivity index (χ0) is 62.7. The van der Waals surface area contributed by atoms with Crippen molar-refractivity contribution in [1.82, 2.24) is 10.6 Å². The van der Waals surface area contributed by atoms with E-state index in [-0.39, 0.29) is 136 Å². The van der Waals surface area contributed by atoms with Crippen LogP contribution in [0.15, 0.2) is 60.7 Å². The van der Waals surface area contributed by atoms with Gasteiger partial charge >= 0.3 is 0 Å². The lowest BCUT2D eigenvalue weighted by Crippen LogP contribution is -2.52. The summed E-state index contributed by atoms with van der Waals surface area (Å²) < 4.78 is 45.8. The maximum absolute atomic E-state index is 13.8. The molecule has 0 saturated heterocycles. The number of benzene rings is 4. The molecule has 5 aliphatic carbocycles. The van der Waals surface area contributed by atoms with E-state index >= 15 is 0 Å². The van der Waals surface area contributed by atoms with Crippen molar-refractivity contribution in [2.45, 2.75) is 140 Å². The summed E-state index contributed by atoms with van der Waals surface area (Å²) in [6.07, 6.45) is 9.69. The molecule has 0 bridgehead atoms. The molecule has 21 nitrogen and oxygen atoms in total. The SMILES string of the molecule is CC1CCC([OH+]C2CCC(OC3CCC(C)C(NC(=O)CCC(=O)NCCOCCOCCC4C(=O)c5cccc6c(NCCOCCOCCNc7ccc8c9c(cccc79)C(=O)C(CCOCCOCCN)C8=O)ccc(c56)C4=O)C3)C(N)C2)C(N)C1. The molecule has 0 spiro atoms. The second-order valence-corrected chi connectivity index (χ2v) is 24.8. The lowest BCUT2D eigenvalue weighted by molar-refractivity contribution is -0.202. The van der Waals surface area contributed by atoms with Crippen molar-refractivity contribution in [3.05, 3.63) is 82.9 Å². The fourth-order valence-corrected chi connectivity index (χ4v) is 13.5. The smallest absolute Gasteiger partial charge is 0.220 e. The average Bonchev–Trinajstić information content (AvgIpc) is 1.29. The molecule has 11 atom stereocenters. The van der Waals surface area contributed by atoms with Gasteiger partial charge in [0.05, 0.1) is 96.2 Å². The largest absolute Gasteiger partial charge is 0.428 e. The van der Waals surface area contributed by atoms with Crippen LogP contribution in [0.1, 0.15) is 139 Å². The summed E-state index contributed by atoms with van der Waals surface area (Å²) in [4.78, 5) is 80.2. The number of nitrogens with two attached hydrogens (primary N) is 3. The molecule has 0 radical (unpaired) electrons. The Morgan fingerprint density at radius 2 is 1.04 bits per heavy atom. The topological polar surface area (TPSA) is 306 Å². The number of rotatable bonds is 36. The zero-order valence-corrected chi connectivity index (χ0v) is 52.1. The molecule has 89 heavy (non-hydrogen) atoms. The van der Waals surface area contributed by atoms with Gasteiger partial charge in [0.2, 0.25) is 11.8 Å². The van der Waals surface area contributed by atoms with Crippen LogP contribution in [0.4, 0.5) is 11.4 Å². The maximum atomic E-state index is 13.8. The van der Waals surface area contributed by atoms with E-state index < -0.39 is 11.8 Å². The highest BCUT2D eigenvalue weighted by atomic mass is 16.5. The number of carbonyl (C=O) groups is 6. The number of amides is 2. The van der Waals surface area contributed by atoms with E-state index in [0.29, 0.717) is 117 Å². The summed E-state index contributed by atoms with van der Waals surface area (Å²) in [5, 5.41) is 15.7. The van der Waals surface area contributed by atoms with Crippen LogP contribution < -0.4 is 38.5 Å². The van der Waals surface area contributed by atoms with Crippen LogP contribution in [-0.4, -0.2) is 188 Å². The maximum Gasteiger partial charge on any atom is 0.220 e. The van der Waals surface area contributed by atoms with Gasteiger partial charge in [0.15, 0.2) is 35.3 Å². The molecule has 3 saturated carbocycles. The molecule has 4 aromatic rings. The summed E-state index contributed by atoms with van der Waals surface area (Å²) >= 11 is 0. The van der Waals surface area contributed by atoms with E-state index in [1.807, 2.05) is 36.4 Å². The number of nitrogens with one attached hydrogen (secondary N) is 4. The quantitative estimate of drug-likeness (QED) is 0.0151. The molecule has 9 rings (SSSR count). The van der Waals surface area contributed by atoms with Crippen LogP contribution in [0.25, 0.3) is 21.5 Å². The highest BCUT2D eigenvalue weighted by Gasteiger charge is 2.41. The standard InChI is InChI=1S/C68H95N7O14/c1-42-9-17-59(54(70)39-42)88-44-12-18-60(55(71)40-44)89-45-11-10-43(2)58(41-45)75-62(77)20-19-61(76)74-26-32-87-36-34-83-28-22-53-66(79)49-8-4-6-47-57(16-14-51(64(47)49)68(53)81)73-25-31-86-38-37-85-30-24-72-56-15-13-50-63-46(56)5-3-7-48(63)65(78)52(67(50)80)21-27-82-33-35-84-29-23-69/h3-8,13-16,42-45,52-55,58-60,72-73H,9-12,17-41,69-71H2,1-2H3,(H,74,76)(H,75,77)/p+1. The van der Waals surface area contributed by atoms with Crippen molar-refractivity contribution < 1.29 is 66.7 Å². The number of hydrogen-bond donors (Lipinski definition) is 7. The third-order valence-electron chi connectivity index (χ3n) is 18.4. The first-order valence-electron chi connectivity index (χ1n) is 32.6. The molecule has 11 N–H and O–H groups in total. The summed E-state index contributed by atoms with van der Waals surface area (Å²) in [6.45, 7) is 10.2. The van der Waals surface area contributed by atoms with Gasteiger partial charge in [-0.3, -0.25) is 28.8 Å². The van der Waals surface area contributed by atoms with Gasteiger partial charge in [-0.05, 0) is 87.5 Å².